The van der Waals surface area contributed by atoms with Crippen molar-refractivity contribution in [2.45, 2.75) is 18.1 Å². The minimum Gasteiger partial charge on any atom is -0.465 e. The maximum atomic E-state index is 11.6. The zero-order valence-corrected chi connectivity index (χ0v) is 10.9. The zero-order chi connectivity index (χ0) is 12.5. The van der Waals surface area contributed by atoms with Crippen molar-refractivity contribution in [2.24, 2.45) is 0 Å². The second-order valence-corrected chi connectivity index (χ2v) is 4.34. The van der Waals surface area contributed by atoms with E-state index in [9.17, 15) is 4.79 Å². The third kappa shape index (κ3) is 5.75. The summed E-state index contributed by atoms with van der Waals surface area (Å²) in [5.74, 6) is -0.270. The Labute approximate surface area is 108 Å². The number of benzene rings is 1. The van der Waals surface area contributed by atoms with Crippen molar-refractivity contribution in [2.75, 3.05) is 20.3 Å². The second-order valence-electron chi connectivity index (χ2n) is 3.72. The predicted molar refractivity (Wildman–Crippen MR) is 70.4 cm³/mol. The topological polar surface area (TPSA) is 35.5 Å². The minimum absolute atomic E-state index is 0.270. The highest BCUT2D eigenvalue weighted by Gasteiger charge is 2.15. The average molecular weight is 254 g/mol. The molecule has 1 rings (SSSR count). The van der Waals surface area contributed by atoms with Gasteiger partial charge < -0.3 is 9.47 Å². The van der Waals surface area contributed by atoms with Crippen LogP contribution in [-0.2, 0) is 20.7 Å². The van der Waals surface area contributed by atoms with Gasteiger partial charge in [0.2, 0.25) is 0 Å². The Kier molecular flexibility index (Phi) is 6.74. The molecule has 1 atom stereocenters. The molecule has 94 valence electrons. The first-order valence-corrected chi connectivity index (χ1v) is 6.13. The standard InChI is InChI=1S/C13H18O3S/c1-15-8-5-9-16-13(14)12(17)10-11-6-3-2-4-7-11/h2-4,6-7,12,17H,5,8-10H2,1H3. The van der Waals surface area contributed by atoms with E-state index in [-0.39, 0.29) is 5.97 Å². The summed E-state index contributed by atoms with van der Waals surface area (Å²) in [6, 6.07) is 9.78. The number of esters is 1. The Bertz CT molecular complexity index is 327. The van der Waals surface area contributed by atoms with Gasteiger partial charge in [-0.15, -0.1) is 0 Å². The first-order valence-electron chi connectivity index (χ1n) is 5.61. The normalized spacial score (nSPS) is 12.1. The molecule has 0 saturated carbocycles. The SMILES string of the molecule is COCCCOC(=O)C(S)Cc1ccccc1. The summed E-state index contributed by atoms with van der Waals surface area (Å²) in [6.07, 6.45) is 1.31. The fraction of sp³-hybridized carbons (Fsp3) is 0.462. The van der Waals surface area contributed by atoms with Crippen LogP contribution in [0.25, 0.3) is 0 Å². The second kappa shape index (κ2) is 8.14. The van der Waals surface area contributed by atoms with Crippen LogP contribution in [0.2, 0.25) is 0 Å². The zero-order valence-electron chi connectivity index (χ0n) is 9.96. The summed E-state index contributed by atoms with van der Waals surface area (Å²) in [4.78, 5) is 11.6. The summed E-state index contributed by atoms with van der Waals surface area (Å²) < 4.78 is 9.95. The number of methoxy groups -OCH3 is 1. The van der Waals surface area contributed by atoms with Gasteiger partial charge >= 0.3 is 5.97 Å². The van der Waals surface area contributed by atoms with Crippen LogP contribution in [0.3, 0.4) is 0 Å². The van der Waals surface area contributed by atoms with Crippen LogP contribution in [0, 0.1) is 0 Å². The van der Waals surface area contributed by atoms with E-state index < -0.39 is 5.25 Å². The lowest BCUT2D eigenvalue weighted by atomic mass is 10.1. The van der Waals surface area contributed by atoms with Crippen LogP contribution in [0.1, 0.15) is 12.0 Å². The first kappa shape index (κ1) is 14.1. The number of carbonyl (C=O) groups is 1. The van der Waals surface area contributed by atoms with Gasteiger partial charge in [-0.05, 0) is 12.0 Å². The van der Waals surface area contributed by atoms with E-state index in [2.05, 4.69) is 12.6 Å². The largest absolute Gasteiger partial charge is 0.465 e. The monoisotopic (exact) mass is 254 g/mol. The Morgan fingerprint density at radius 2 is 2.00 bits per heavy atom. The lowest BCUT2D eigenvalue weighted by molar-refractivity contribution is -0.143. The molecule has 4 heteroatoms. The number of ether oxygens (including phenoxy) is 2. The van der Waals surface area contributed by atoms with Crippen LogP contribution >= 0.6 is 12.6 Å². The summed E-state index contributed by atoms with van der Waals surface area (Å²) in [5.41, 5.74) is 1.08. The van der Waals surface area contributed by atoms with Gasteiger partial charge in [-0.25, -0.2) is 0 Å². The molecule has 0 aliphatic rings. The number of hydrogen-bond acceptors (Lipinski definition) is 4. The summed E-state index contributed by atoms with van der Waals surface area (Å²) in [7, 11) is 1.62. The molecule has 1 aromatic carbocycles. The highest BCUT2D eigenvalue weighted by molar-refractivity contribution is 7.81. The Morgan fingerprint density at radius 3 is 2.65 bits per heavy atom. The molecule has 0 amide bonds. The molecule has 0 N–H and O–H groups in total. The molecule has 0 aromatic heterocycles. The molecule has 0 spiro atoms. The van der Waals surface area contributed by atoms with Crippen LogP contribution in [0.5, 0.6) is 0 Å². The number of carbonyl (C=O) groups excluding carboxylic acids is 1. The van der Waals surface area contributed by atoms with Gasteiger partial charge in [0.15, 0.2) is 0 Å². The fourth-order valence-corrected chi connectivity index (χ4v) is 1.68. The van der Waals surface area contributed by atoms with Gasteiger partial charge in [-0.1, -0.05) is 30.3 Å². The van der Waals surface area contributed by atoms with Crippen molar-refractivity contribution >= 4 is 18.6 Å². The molecular formula is C13H18O3S. The Balaban J connectivity index is 2.27. The molecule has 3 nitrogen and oxygen atoms in total. The quantitative estimate of drug-likeness (QED) is 0.460. The van der Waals surface area contributed by atoms with Crippen LogP contribution in [-0.4, -0.2) is 31.5 Å². The maximum Gasteiger partial charge on any atom is 0.319 e. The van der Waals surface area contributed by atoms with E-state index >= 15 is 0 Å². The summed E-state index contributed by atoms with van der Waals surface area (Å²) >= 11 is 4.26. The Hall–Kier alpha value is -1.00. The lowest BCUT2D eigenvalue weighted by Crippen LogP contribution is -2.21. The van der Waals surface area contributed by atoms with E-state index in [1.54, 1.807) is 7.11 Å². The van der Waals surface area contributed by atoms with Gasteiger partial charge in [0.05, 0.1) is 6.61 Å². The third-order valence-corrected chi connectivity index (χ3v) is 2.67. The molecule has 1 unspecified atom stereocenters. The number of thiol groups is 1. The van der Waals surface area contributed by atoms with Gasteiger partial charge in [0, 0.05) is 20.1 Å². The van der Waals surface area contributed by atoms with Gasteiger partial charge in [0.1, 0.15) is 5.25 Å². The molecule has 17 heavy (non-hydrogen) atoms. The van der Waals surface area contributed by atoms with Gasteiger partial charge in [-0.2, -0.15) is 12.6 Å². The number of rotatable bonds is 7. The van der Waals surface area contributed by atoms with E-state index in [0.717, 1.165) is 5.56 Å². The van der Waals surface area contributed by atoms with E-state index in [4.69, 9.17) is 9.47 Å². The molecule has 0 fully saturated rings. The van der Waals surface area contributed by atoms with E-state index in [1.807, 2.05) is 30.3 Å². The van der Waals surface area contributed by atoms with Crippen molar-refractivity contribution in [1.82, 2.24) is 0 Å². The molecule has 0 radical (unpaired) electrons. The van der Waals surface area contributed by atoms with Crippen molar-refractivity contribution in [3.8, 4) is 0 Å². The molecular weight excluding hydrogens is 236 g/mol. The van der Waals surface area contributed by atoms with Crippen molar-refractivity contribution < 1.29 is 14.3 Å². The predicted octanol–water partition coefficient (Wildman–Crippen LogP) is 2.11. The lowest BCUT2D eigenvalue weighted by Gasteiger charge is -2.10. The van der Waals surface area contributed by atoms with Crippen LogP contribution < -0.4 is 0 Å². The molecule has 0 bridgehead atoms. The molecule has 0 saturated heterocycles. The van der Waals surface area contributed by atoms with Crippen molar-refractivity contribution in [3.63, 3.8) is 0 Å². The molecule has 0 heterocycles. The van der Waals surface area contributed by atoms with Crippen molar-refractivity contribution in [1.29, 1.82) is 0 Å². The van der Waals surface area contributed by atoms with E-state index in [0.29, 0.717) is 26.1 Å². The smallest absolute Gasteiger partial charge is 0.319 e. The third-order valence-electron chi connectivity index (χ3n) is 2.28. The minimum atomic E-state index is -0.403. The van der Waals surface area contributed by atoms with E-state index in [1.165, 1.54) is 0 Å². The highest BCUT2D eigenvalue weighted by Crippen LogP contribution is 2.09. The summed E-state index contributed by atoms with van der Waals surface area (Å²) in [5, 5.41) is -0.403. The molecule has 1 aromatic rings. The highest BCUT2D eigenvalue weighted by atomic mass is 32.1. The van der Waals surface area contributed by atoms with Crippen LogP contribution in [0.15, 0.2) is 30.3 Å². The van der Waals surface area contributed by atoms with Crippen LogP contribution in [0.4, 0.5) is 0 Å². The van der Waals surface area contributed by atoms with Crippen molar-refractivity contribution in [3.05, 3.63) is 35.9 Å². The van der Waals surface area contributed by atoms with Gasteiger partial charge in [-0.3, -0.25) is 4.79 Å². The maximum absolute atomic E-state index is 11.6. The first-order chi connectivity index (χ1) is 8.24. The summed E-state index contributed by atoms with van der Waals surface area (Å²) in [6.45, 7) is 0.988. The molecule has 0 aliphatic carbocycles. The number of hydrogen-bond donors (Lipinski definition) is 1. The van der Waals surface area contributed by atoms with Gasteiger partial charge in [0.25, 0.3) is 0 Å². The fourth-order valence-electron chi connectivity index (χ4n) is 1.39. The molecule has 0 aliphatic heterocycles. The average Bonchev–Trinajstić information content (AvgIpc) is 2.35. The Morgan fingerprint density at radius 1 is 1.29 bits per heavy atom.